The Kier molecular flexibility index (Phi) is 8.92. The second-order valence-electron chi connectivity index (χ2n) is 7.60. The van der Waals surface area contributed by atoms with Crippen molar-refractivity contribution in [2.75, 3.05) is 6.54 Å². The van der Waals surface area contributed by atoms with E-state index >= 15 is 0 Å². The largest absolute Gasteiger partial charge is 0.434 e. The Balaban J connectivity index is 1.95. The highest BCUT2D eigenvalue weighted by Crippen LogP contribution is 2.20. The standard InChI is InChI=1S/C21H29N3O7/c1-14(22-18(15(2)25)12-11-17-8-5-4-6-9-17)20(26)23-13-7-10-19(23)21(27)30-16(3)31-24(28)29/h4-6,8-9,14,16,18-19,22H,7,10-13H2,1-3H3/t14-,16?,18-,19-/m0/s1. The summed E-state index contributed by atoms with van der Waals surface area (Å²) in [7, 11) is 0. The molecule has 0 bridgehead atoms. The van der Waals surface area contributed by atoms with Crippen LogP contribution in [0.5, 0.6) is 0 Å². The number of amides is 1. The van der Waals surface area contributed by atoms with Crippen molar-refractivity contribution in [1.82, 2.24) is 10.2 Å². The Morgan fingerprint density at radius 3 is 2.55 bits per heavy atom. The number of carbonyl (C=O) groups excluding carboxylic acids is 3. The average molecular weight is 435 g/mol. The first kappa shape index (κ1) is 24.3. The summed E-state index contributed by atoms with van der Waals surface area (Å²) in [5.41, 5.74) is 1.10. The van der Waals surface area contributed by atoms with Gasteiger partial charge in [0.25, 0.3) is 5.09 Å². The normalized spacial score (nSPS) is 18.7. The number of hydrogen-bond acceptors (Lipinski definition) is 8. The van der Waals surface area contributed by atoms with E-state index in [1.54, 1.807) is 6.92 Å². The van der Waals surface area contributed by atoms with Crippen molar-refractivity contribution in [3.8, 4) is 0 Å². The van der Waals surface area contributed by atoms with Crippen LogP contribution in [0.15, 0.2) is 30.3 Å². The summed E-state index contributed by atoms with van der Waals surface area (Å²) in [6, 6.07) is 7.73. The lowest BCUT2D eigenvalue weighted by Crippen LogP contribution is -2.53. The van der Waals surface area contributed by atoms with E-state index < -0.39 is 35.5 Å². The van der Waals surface area contributed by atoms with Gasteiger partial charge in [0.1, 0.15) is 11.8 Å². The number of nitrogens with zero attached hydrogens (tertiary/aromatic N) is 2. The molecular formula is C21H29N3O7. The minimum absolute atomic E-state index is 0.0706. The van der Waals surface area contributed by atoms with Crippen molar-refractivity contribution in [1.29, 1.82) is 0 Å². The number of aryl methyl sites for hydroxylation is 1. The van der Waals surface area contributed by atoms with Crippen LogP contribution >= 0.6 is 0 Å². The van der Waals surface area contributed by atoms with Gasteiger partial charge in [0.2, 0.25) is 12.2 Å². The van der Waals surface area contributed by atoms with Crippen LogP contribution < -0.4 is 5.32 Å². The van der Waals surface area contributed by atoms with E-state index in [1.165, 1.54) is 18.7 Å². The molecule has 1 saturated heterocycles. The number of Topliss-reactive ketones (excluding diaryl/α,β-unsaturated/α-hetero) is 1. The molecule has 10 heteroatoms. The minimum atomic E-state index is -1.37. The van der Waals surface area contributed by atoms with Gasteiger partial charge in [-0.2, -0.15) is 0 Å². The summed E-state index contributed by atoms with van der Waals surface area (Å²) in [6.07, 6.45) is 0.861. The zero-order valence-corrected chi connectivity index (χ0v) is 18.0. The molecule has 1 aromatic rings. The van der Waals surface area contributed by atoms with Gasteiger partial charge in [-0.25, -0.2) is 4.79 Å². The zero-order chi connectivity index (χ0) is 23.0. The smallest absolute Gasteiger partial charge is 0.330 e. The third-order valence-electron chi connectivity index (χ3n) is 5.20. The maximum atomic E-state index is 13.0. The van der Waals surface area contributed by atoms with Crippen LogP contribution in [-0.2, 0) is 30.4 Å². The highest BCUT2D eigenvalue weighted by Gasteiger charge is 2.38. The molecular weight excluding hydrogens is 406 g/mol. The first-order valence-electron chi connectivity index (χ1n) is 10.3. The van der Waals surface area contributed by atoms with Crippen LogP contribution in [0.25, 0.3) is 0 Å². The zero-order valence-electron chi connectivity index (χ0n) is 18.0. The Bertz CT molecular complexity index is 786. The number of ether oxygens (including phenoxy) is 1. The van der Waals surface area contributed by atoms with E-state index in [2.05, 4.69) is 10.2 Å². The van der Waals surface area contributed by atoms with Gasteiger partial charge in [-0.1, -0.05) is 30.3 Å². The summed E-state index contributed by atoms with van der Waals surface area (Å²) in [4.78, 5) is 53.4. The number of rotatable bonds is 11. The number of benzene rings is 1. The second-order valence-corrected chi connectivity index (χ2v) is 7.60. The topological polar surface area (TPSA) is 128 Å². The summed E-state index contributed by atoms with van der Waals surface area (Å²) in [5, 5.41) is 12.4. The number of ketones is 1. The molecule has 0 saturated carbocycles. The highest BCUT2D eigenvalue weighted by molar-refractivity contribution is 5.89. The van der Waals surface area contributed by atoms with E-state index in [0.29, 0.717) is 32.2 Å². The predicted octanol–water partition coefficient (Wildman–Crippen LogP) is 1.64. The maximum Gasteiger partial charge on any atom is 0.330 e. The average Bonchev–Trinajstić information content (AvgIpc) is 3.20. The molecule has 1 amide bonds. The van der Waals surface area contributed by atoms with Crippen LogP contribution in [0.1, 0.15) is 45.6 Å². The fourth-order valence-electron chi connectivity index (χ4n) is 3.64. The highest BCUT2D eigenvalue weighted by atomic mass is 17.0. The molecule has 1 N–H and O–H groups in total. The maximum absolute atomic E-state index is 13.0. The molecule has 1 aromatic carbocycles. The van der Waals surface area contributed by atoms with Crippen molar-refractivity contribution in [2.45, 2.75) is 70.9 Å². The fourth-order valence-corrected chi connectivity index (χ4v) is 3.64. The van der Waals surface area contributed by atoms with Gasteiger partial charge < -0.3 is 9.64 Å². The van der Waals surface area contributed by atoms with E-state index in [0.717, 1.165) is 5.56 Å². The van der Waals surface area contributed by atoms with Crippen molar-refractivity contribution < 1.29 is 29.0 Å². The molecule has 0 aromatic heterocycles. The van der Waals surface area contributed by atoms with Crippen LogP contribution in [0.2, 0.25) is 0 Å². The molecule has 0 radical (unpaired) electrons. The molecule has 1 heterocycles. The minimum Gasteiger partial charge on any atom is -0.434 e. The summed E-state index contributed by atoms with van der Waals surface area (Å²) >= 11 is 0. The number of carbonyl (C=O) groups is 3. The van der Waals surface area contributed by atoms with Crippen LogP contribution in [0.3, 0.4) is 0 Å². The Morgan fingerprint density at radius 1 is 1.26 bits per heavy atom. The van der Waals surface area contributed by atoms with Crippen molar-refractivity contribution >= 4 is 17.7 Å². The van der Waals surface area contributed by atoms with Gasteiger partial charge in [0.15, 0.2) is 0 Å². The van der Waals surface area contributed by atoms with E-state index in [4.69, 9.17) is 4.74 Å². The Morgan fingerprint density at radius 2 is 1.94 bits per heavy atom. The molecule has 1 aliphatic rings. The van der Waals surface area contributed by atoms with Crippen molar-refractivity contribution in [2.24, 2.45) is 0 Å². The Hall–Kier alpha value is -3.01. The van der Waals surface area contributed by atoms with Crippen LogP contribution in [-0.4, -0.2) is 58.6 Å². The SMILES string of the molecule is CC(=O)[C@H](CCc1ccccc1)N[C@@H](C)C(=O)N1CCC[C@H]1C(=O)OC(C)O[N+](=O)[O-]. The quantitative estimate of drug-likeness (QED) is 0.240. The predicted molar refractivity (Wildman–Crippen MR) is 110 cm³/mol. The lowest BCUT2D eigenvalue weighted by molar-refractivity contribution is -0.777. The van der Waals surface area contributed by atoms with Gasteiger partial charge >= 0.3 is 5.97 Å². The molecule has 2 rings (SSSR count). The number of hydrogen-bond donors (Lipinski definition) is 1. The van der Waals surface area contributed by atoms with Crippen LogP contribution in [0, 0.1) is 10.1 Å². The number of esters is 1. The molecule has 0 aliphatic carbocycles. The van der Waals surface area contributed by atoms with E-state index in [9.17, 15) is 24.5 Å². The van der Waals surface area contributed by atoms with Crippen molar-refractivity contribution in [3.63, 3.8) is 0 Å². The third-order valence-corrected chi connectivity index (χ3v) is 5.20. The first-order chi connectivity index (χ1) is 14.7. The number of likely N-dealkylation sites (tertiary alicyclic amines) is 1. The van der Waals surface area contributed by atoms with Crippen LogP contribution in [0.4, 0.5) is 0 Å². The third kappa shape index (κ3) is 7.32. The van der Waals surface area contributed by atoms with Gasteiger partial charge in [0, 0.05) is 6.54 Å². The van der Waals surface area contributed by atoms with Gasteiger partial charge in [-0.05, 0) is 52.0 Å². The van der Waals surface area contributed by atoms with E-state index in [1.807, 2.05) is 30.3 Å². The van der Waals surface area contributed by atoms with Crippen molar-refractivity contribution in [3.05, 3.63) is 46.0 Å². The summed E-state index contributed by atoms with van der Waals surface area (Å²) in [5.74, 6) is -1.15. The Labute approximate surface area is 181 Å². The molecule has 1 unspecified atom stereocenters. The number of nitrogens with one attached hydrogen (secondary N) is 1. The monoisotopic (exact) mass is 435 g/mol. The van der Waals surface area contributed by atoms with E-state index in [-0.39, 0.29) is 11.7 Å². The molecule has 1 aliphatic heterocycles. The van der Waals surface area contributed by atoms with Gasteiger partial charge in [-0.15, -0.1) is 10.1 Å². The molecule has 170 valence electrons. The molecule has 31 heavy (non-hydrogen) atoms. The lowest BCUT2D eigenvalue weighted by atomic mass is 10.0. The second kappa shape index (κ2) is 11.4. The fraction of sp³-hybridized carbons (Fsp3) is 0.571. The molecule has 4 atom stereocenters. The molecule has 10 nitrogen and oxygen atoms in total. The van der Waals surface area contributed by atoms with Gasteiger partial charge in [0.05, 0.1) is 12.1 Å². The molecule has 1 fully saturated rings. The van der Waals surface area contributed by atoms with Gasteiger partial charge in [-0.3, -0.25) is 19.7 Å². The lowest BCUT2D eigenvalue weighted by Gasteiger charge is -2.29. The first-order valence-corrected chi connectivity index (χ1v) is 10.3. The molecule has 0 spiro atoms. The summed E-state index contributed by atoms with van der Waals surface area (Å²) in [6.45, 7) is 4.73. The summed E-state index contributed by atoms with van der Waals surface area (Å²) < 4.78 is 4.94.